The third-order valence-electron chi connectivity index (χ3n) is 1.89. The van der Waals surface area contributed by atoms with Crippen LogP contribution in [0.5, 0.6) is 5.75 Å². The molecule has 1 aliphatic heterocycles. The summed E-state index contributed by atoms with van der Waals surface area (Å²) in [6.45, 7) is 0.628. The van der Waals surface area contributed by atoms with Gasteiger partial charge in [-0.15, -0.1) is 0 Å². The van der Waals surface area contributed by atoms with Crippen molar-refractivity contribution in [2.75, 3.05) is 13.7 Å². The summed E-state index contributed by atoms with van der Waals surface area (Å²) in [6.07, 6.45) is -0.0316. The minimum Gasteiger partial charge on any atom is -0.497 e. The molecular formula is C9H9FO2. The molecule has 1 fully saturated rings. The van der Waals surface area contributed by atoms with Crippen LogP contribution < -0.4 is 4.74 Å². The Hall–Kier alpha value is -1.09. The average Bonchev–Trinajstić information content (AvgIpc) is 2.87. The lowest BCUT2D eigenvalue weighted by molar-refractivity contribution is 0.399. The second-order valence-electron chi connectivity index (χ2n) is 2.71. The van der Waals surface area contributed by atoms with Crippen LogP contribution in [0.25, 0.3) is 0 Å². The molecule has 2 rings (SSSR count). The highest BCUT2D eigenvalue weighted by atomic mass is 19.1. The first-order valence-corrected chi connectivity index (χ1v) is 3.76. The fourth-order valence-corrected chi connectivity index (χ4v) is 1.12. The Morgan fingerprint density at radius 2 is 2.33 bits per heavy atom. The van der Waals surface area contributed by atoms with E-state index in [4.69, 9.17) is 9.47 Å². The monoisotopic (exact) mass is 168 g/mol. The summed E-state index contributed by atoms with van der Waals surface area (Å²) in [5.74, 6) is 0.286. The van der Waals surface area contributed by atoms with E-state index in [2.05, 4.69) is 0 Å². The Morgan fingerprint density at radius 1 is 1.58 bits per heavy atom. The number of hydrogen-bond donors (Lipinski definition) is 0. The standard InChI is InChI=1S/C9H9FO2/c1-11-6-2-3-7(8(10)4-6)9-5-12-9/h2-4,9H,5H2,1H3/t9-/m1/s1. The summed E-state index contributed by atoms with van der Waals surface area (Å²) in [5.41, 5.74) is 0.621. The van der Waals surface area contributed by atoms with Crippen LogP contribution in [0, 0.1) is 5.82 Å². The highest BCUT2D eigenvalue weighted by Crippen LogP contribution is 2.32. The second kappa shape index (κ2) is 2.75. The molecule has 0 saturated carbocycles. The Bertz CT molecular complexity index is 295. The van der Waals surface area contributed by atoms with Crippen molar-refractivity contribution < 1.29 is 13.9 Å². The molecule has 3 heteroatoms. The highest BCUT2D eigenvalue weighted by molar-refractivity contribution is 5.31. The number of epoxide rings is 1. The van der Waals surface area contributed by atoms with E-state index >= 15 is 0 Å². The SMILES string of the molecule is COc1ccc([C@H]2CO2)c(F)c1. The lowest BCUT2D eigenvalue weighted by Gasteiger charge is -2.01. The van der Waals surface area contributed by atoms with E-state index in [0.717, 1.165) is 0 Å². The first-order valence-electron chi connectivity index (χ1n) is 3.76. The number of rotatable bonds is 2. The van der Waals surface area contributed by atoms with Crippen LogP contribution in [0.2, 0.25) is 0 Å². The molecule has 64 valence electrons. The molecule has 2 nitrogen and oxygen atoms in total. The van der Waals surface area contributed by atoms with Gasteiger partial charge in [0.2, 0.25) is 0 Å². The van der Waals surface area contributed by atoms with Crippen LogP contribution in [-0.4, -0.2) is 13.7 Å². The molecule has 0 unspecified atom stereocenters. The molecule has 0 spiro atoms. The summed E-state index contributed by atoms with van der Waals surface area (Å²) in [4.78, 5) is 0. The molecule has 0 N–H and O–H groups in total. The summed E-state index contributed by atoms with van der Waals surface area (Å²) in [6, 6.07) is 4.81. The van der Waals surface area contributed by atoms with Crippen molar-refractivity contribution in [2.24, 2.45) is 0 Å². The molecule has 1 atom stereocenters. The van der Waals surface area contributed by atoms with Gasteiger partial charge in [0.25, 0.3) is 0 Å². The van der Waals surface area contributed by atoms with Gasteiger partial charge in [-0.2, -0.15) is 0 Å². The highest BCUT2D eigenvalue weighted by Gasteiger charge is 2.27. The minimum absolute atomic E-state index is 0.0316. The van der Waals surface area contributed by atoms with Gasteiger partial charge in [0.1, 0.15) is 17.7 Å². The van der Waals surface area contributed by atoms with Crippen molar-refractivity contribution in [1.29, 1.82) is 0 Å². The van der Waals surface area contributed by atoms with Gasteiger partial charge in [-0.25, -0.2) is 4.39 Å². The molecule has 0 aromatic heterocycles. The van der Waals surface area contributed by atoms with Gasteiger partial charge in [0.05, 0.1) is 13.7 Å². The molecule has 0 amide bonds. The minimum atomic E-state index is -0.253. The van der Waals surface area contributed by atoms with Crippen molar-refractivity contribution in [2.45, 2.75) is 6.10 Å². The summed E-state index contributed by atoms with van der Waals surface area (Å²) in [7, 11) is 1.52. The zero-order valence-electron chi connectivity index (χ0n) is 6.71. The Kier molecular flexibility index (Phi) is 1.73. The molecule has 1 saturated heterocycles. The summed E-state index contributed by atoms with van der Waals surface area (Å²) in [5, 5.41) is 0. The largest absolute Gasteiger partial charge is 0.497 e. The topological polar surface area (TPSA) is 21.8 Å². The van der Waals surface area contributed by atoms with E-state index in [1.807, 2.05) is 0 Å². The van der Waals surface area contributed by atoms with Gasteiger partial charge >= 0.3 is 0 Å². The zero-order valence-corrected chi connectivity index (χ0v) is 6.71. The van der Waals surface area contributed by atoms with Gasteiger partial charge < -0.3 is 9.47 Å². The molecule has 1 heterocycles. The van der Waals surface area contributed by atoms with E-state index in [-0.39, 0.29) is 11.9 Å². The molecule has 0 aliphatic carbocycles. The van der Waals surface area contributed by atoms with Crippen LogP contribution in [0.3, 0.4) is 0 Å². The van der Waals surface area contributed by atoms with Crippen LogP contribution in [0.4, 0.5) is 4.39 Å². The third kappa shape index (κ3) is 1.28. The van der Waals surface area contributed by atoms with Crippen LogP contribution in [0.15, 0.2) is 18.2 Å². The maximum atomic E-state index is 13.2. The fourth-order valence-electron chi connectivity index (χ4n) is 1.12. The van der Waals surface area contributed by atoms with Crippen molar-refractivity contribution in [3.63, 3.8) is 0 Å². The molecule has 1 aromatic carbocycles. The van der Waals surface area contributed by atoms with E-state index in [0.29, 0.717) is 17.9 Å². The van der Waals surface area contributed by atoms with Crippen LogP contribution in [-0.2, 0) is 4.74 Å². The van der Waals surface area contributed by atoms with E-state index in [9.17, 15) is 4.39 Å². The lowest BCUT2D eigenvalue weighted by Crippen LogP contribution is -1.90. The summed E-state index contributed by atoms with van der Waals surface area (Å²) < 4.78 is 23.0. The van der Waals surface area contributed by atoms with Gasteiger partial charge in [-0.05, 0) is 12.1 Å². The maximum Gasteiger partial charge on any atom is 0.132 e. The van der Waals surface area contributed by atoms with Gasteiger partial charge in [-0.3, -0.25) is 0 Å². The van der Waals surface area contributed by atoms with E-state index in [1.165, 1.54) is 13.2 Å². The van der Waals surface area contributed by atoms with Crippen LogP contribution in [0.1, 0.15) is 11.7 Å². The predicted octanol–water partition coefficient (Wildman–Crippen LogP) is 1.91. The Morgan fingerprint density at radius 3 is 2.83 bits per heavy atom. The molecular weight excluding hydrogens is 159 g/mol. The van der Waals surface area contributed by atoms with Crippen LogP contribution >= 0.6 is 0 Å². The number of methoxy groups -OCH3 is 1. The molecule has 0 radical (unpaired) electrons. The number of halogens is 1. The number of ether oxygens (including phenoxy) is 2. The molecule has 1 aromatic rings. The Labute approximate surface area is 69.9 Å². The smallest absolute Gasteiger partial charge is 0.132 e. The number of hydrogen-bond acceptors (Lipinski definition) is 2. The average molecular weight is 168 g/mol. The maximum absolute atomic E-state index is 13.2. The first kappa shape index (κ1) is 7.55. The third-order valence-corrected chi connectivity index (χ3v) is 1.89. The predicted molar refractivity (Wildman–Crippen MR) is 41.6 cm³/mol. The normalized spacial score (nSPS) is 20.7. The van der Waals surface area contributed by atoms with E-state index < -0.39 is 0 Å². The zero-order chi connectivity index (χ0) is 8.55. The first-order chi connectivity index (χ1) is 5.81. The second-order valence-corrected chi connectivity index (χ2v) is 2.71. The Balaban J connectivity index is 2.32. The van der Waals surface area contributed by atoms with Crippen molar-refractivity contribution >= 4 is 0 Å². The number of benzene rings is 1. The molecule has 12 heavy (non-hydrogen) atoms. The fraction of sp³-hybridized carbons (Fsp3) is 0.333. The van der Waals surface area contributed by atoms with Crippen molar-refractivity contribution in [1.82, 2.24) is 0 Å². The van der Waals surface area contributed by atoms with Crippen molar-refractivity contribution in [3.8, 4) is 5.75 Å². The summed E-state index contributed by atoms with van der Waals surface area (Å²) >= 11 is 0. The van der Waals surface area contributed by atoms with Gasteiger partial charge in [0, 0.05) is 11.6 Å². The lowest BCUT2D eigenvalue weighted by atomic mass is 10.1. The van der Waals surface area contributed by atoms with E-state index in [1.54, 1.807) is 12.1 Å². The van der Waals surface area contributed by atoms with Gasteiger partial charge in [0.15, 0.2) is 0 Å². The van der Waals surface area contributed by atoms with Crippen molar-refractivity contribution in [3.05, 3.63) is 29.6 Å². The quantitative estimate of drug-likeness (QED) is 0.629. The van der Waals surface area contributed by atoms with Gasteiger partial charge in [-0.1, -0.05) is 0 Å². The molecule has 0 bridgehead atoms. The molecule has 1 aliphatic rings.